The Hall–Kier alpha value is -3.32. The van der Waals surface area contributed by atoms with Crippen LogP contribution in [-0.4, -0.2) is 39.4 Å². The van der Waals surface area contributed by atoms with E-state index in [0.717, 1.165) is 55.4 Å². The zero-order valence-corrected chi connectivity index (χ0v) is 22.5. The monoisotopic (exact) mass is 511 g/mol. The molecule has 2 bridgehead atoms. The summed E-state index contributed by atoms with van der Waals surface area (Å²) in [6.07, 6.45) is 13.2. The smallest absolute Gasteiger partial charge is 0.264 e. The summed E-state index contributed by atoms with van der Waals surface area (Å²) in [5.41, 5.74) is 3.28. The van der Waals surface area contributed by atoms with Gasteiger partial charge < -0.3 is 10.2 Å². The Morgan fingerprint density at radius 1 is 1.19 bits per heavy atom. The van der Waals surface area contributed by atoms with Crippen LogP contribution >= 0.6 is 11.3 Å². The Kier molecular flexibility index (Phi) is 6.19. The fraction of sp³-hybridized carbons (Fsp3) is 0.400. The minimum Gasteiger partial charge on any atom is -0.369 e. The van der Waals surface area contributed by atoms with Crippen molar-refractivity contribution in [3.63, 3.8) is 0 Å². The molecule has 1 saturated carbocycles. The molecular formula is C30H33N5OS. The molecule has 3 unspecified atom stereocenters. The van der Waals surface area contributed by atoms with Gasteiger partial charge in [-0.1, -0.05) is 43.7 Å². The predicted molar refractivity (Wildman–Crippen MR) is 151 cm³/mol. The first kappa shape index (κ1) is 24.0. The minimum atomic E-state index is 0.00744. The molecule has 1 amide bonds. The number of aryl methyl sites for hydroxylation is 1. The van der Waals surface area contributed by atoms with Crippen LogP contribution in [0.5, 0.6) is 0 Å². The van der Waals surface area contributed by atoms with Gasteiger partial charge in [0.2, 0.25) is 0 Å². The van der Waals surface area contributed by atoms with Crippen molar-refractivity contribution in [2.45, 2.75) is 46.1 Å². The molecule has 190 valence electrons. The number of nitrogens with one attached hydrogen (secondary N) is 1. The normalized spacial score (nSPS) is 22.2. The van der Waals surface area contributed by atoms with Gasteiger partial charge in [0.05, 0.1) is 15.8 Å². The lowest BCUT2D eigenvalue weighted by Gasteiger charge is -2.36. The average Bonchev–Trinajstić information content (AvgIpc) is 3.61. The summed E-state index contributed by atoms with van der Waals surface area (Å²) in [6.45, 7) is 5.73. The van der Waals surface area contributed by atoms with E-state index in [2.05, 4.69) is 51.5 Å². The van der Waals surface area contributed by atoms with Crippen molar-refractivity contribution < 1.29 is 4.79 Å². The summed E-state index contributed by atoms with van der Waals surface area (Å²) in [6, 6.07) is 10.1. The second-order valence-corrected chi connectivity index (χ2v) is 11.8. The first-order valence-corrected chi connectivity index (χ1v) is 14.0. The highest BCUT2D eigenvalue weighted by Gasteiger charge is 2.47. The number of hydrogen-bond acceptors (Lipinski definition) is 6. The number of rotatable bonds is 8. The molecule has 3 aromatic heterocycles. The fourth-order valence-electron chi connectivity index (χ4n) is 6.61. The molecule has 0 spiro atoms. The summed E-state index contributed by atoms with van der Waals surface area (Å²) in [7, 11) is 1.86. The van der Waals surface area contributed by atoms with Crippen molar-refractivity contribution in [1.82, 2.24) is 19.9 Å². The van der Waals surface area contributed by atoms with Crippen molar-refractivity contribution in [1.29, 1.82) is 0 Å². The number of benzene rings is 1. The van der Waals surface area contributed by atoms with Gasteiger partial charge in [0.15, 0.2) is 0 Å². The highest BCUT2D eigenvalue weighted by atomic mass is 32.1. The van der Waals surface area contributed by atoms with Gasteiger partial charge >= 0.3 is 0 Å². The van der Waals surface area contributed by atoms with Crippen molar-refractivity contribution >= 4 is 44.2 Å². The van der Waals surface area contributed by atoms with E-state index in [1.165, 1.54) is 37.0 Å². The van der Waals surface area contributed by atoms with Crippen LogP contribution in [0, 0.1) is 24.2 Å². The third-order valence-electron chi connectivity index (χ3n) is 8.39. The first-order chi connectivity index (χ1) is 18.0. The number of anilines is 1. The number of carbonyl (C=O) groups excluding carboxylic acids is 1. The van der Waals surface area contributed by atoms with Gasteiger partial charge in [-0.3, -0.25) is 9.78 Å². The molecule has 1 fully saturated rings. The van der Waals surface area contributed by atoms with E-state index in [-0.39, 0.29) is 5.91 Å². The Morgan fingerprint density at radius 3 is 2.86 bits per heavy atom. The number of fused-ring (bicyclic) bond motifs is 4. The second-order valence-electron chi connectivity index (χ2n) is 10.8. The highest BCUT2D eigenvalue weighted by molar-refractivity contribution is 7.20. The number of aromatic nitrogens is 3. The summed E-state index contributed by atoms with van der Waals surface area (Å²) in [5, 5.41) is 5.76. The van der Waals surface area contributed by atoms with Gasteiger partial charge in [-0.15, -0.1) is 11.3 Å². The molecule has 37 heavy (non-hydrogen) atoms. The van der Waals surface area contributed by atoms with Crippen LogP contribution in [0.3, 0.4) is 0 Å². The Bertz CT molecular complexity index is 1510. The molecule has 2 aliphatic carbocycles. The molecule has 6 nitrogen and oxygen atoms in total. The number of nitrogens with zero attached hydrogens (tertiary/aromatic N) is 4. The quantitative estimate of drug-likeness (QED) is 0.269. The molecule has 2 aliphatic rings. The van der Waals surface area contributed by atoms with E-state index in [0.29, 0.717) is 17.9 Å². The van der Waals surface area contributed by atoms with Crippen molar-refractivity contribution in [3.05, 3.63) is 71.0 Å². The number of hydrogen-bond donors (Lipinski definition) is 1. The Labute approximate surface area is 221 Å². The summed E-state index contributed by atoms with van der Waals surface area (Å²) in [4.78, 5) is 30.6. The minimum absolute atomic E-state index is 0.00744. The predicted octanol–water partition coefficient (Wildman–Crippen LogP) is 6.61. The van der Waals surface area contributed by atoms with E-state index in [9.17, 15) is 4.79 Å². The van der Waals surface area contributed by atoms with E-state index < -0.39 is 0 Å². The molecule has 0 radical (unpaired) electrons. The molecule has 0 aliphatic heterocycles. The molecule has 6 rings (SSSR count). The van der Waals surface area contributed by atoms with Crippen molar-refractivity contribution in [3.8, 4) is 0 Å². The molecule has 1 aromatic carbocycles. The summed E-state index contributed by atoms with van der Waals surface area (Å²) < 4.78 is 0. The number of carbonyl (C=O) groups is 1. The molecule has 1 N–H and O–H groups in total. The van der Waals surface area contributed by atoms with Gasteiger partial charge in [0.1, 0.15) is 17.0 Å². The van der Waals surface area contributed by atoms with E-state index in [1.54, 1.807) is 17.4 Å². The largest absolute Gasteiger partial charge is 0.369 e. The maximum atomic E-state index is 13.6. The van der Waals surface area contributed by atoms with E-state index in [4.69, 9.17) is 0 Å². The highest BCUT2D eigenvalue weighted by Crippen LogP contribution is 2.54. The van der Waals surface area contributed by atoms with Gasteiger partial charge in [0.25, 0.3) is 5.91 Å². The number of thiophene rings is 1. The topological polar surface area (TPSA) is 71.0 Å². The van der Waals surface area contributed by atoms with E-state index in [1.807, 2.05) is 32.2 Å². The van der Waals surface area contributed by atoms with Crippen LogP contribution in [0.15, 0.2) is 55.0 Å². The maximum absolute atomic E-state index is 13.6. The molecule has 4 aromatic rings. The van der Waals surface area contributed by atoms with Gasteiger partial charge in [-0.25, -0.2) is 9.97 Å². The Balaban J connectivity index is 1.26. The van der Waals surface area contributed by atoms with E-state index >= 15 is 0 Å². The standard InChI is InChI=1S/C30H33N5OS/c1-4-12-30(15-20-10-11-22(30)14-20)17-32-27-25-19(2)26(37-28(25)34-18-33-27)29(36)35(3)16-21-7-5-9-24-23(21)8-6-13-31-24/h5-11,13,18,20,22H,4,12,14-17H2,1-3H3,(H,32,33,34). The van der Waals surface area contributed by atoms with Gasteiger partial charge in [0, 0.05) is 31.7 Å². The molecular weight excluding hydrogens is 478 g/mol. The third-order valence-corrected chi connectivity index (χ3v) is 9.58. The van der Waals surface area contributed by atoms with Crippen molar-refractivity contribution in [2.24, 2.45) is 17.3 Å². The Morgan fingerprint density at radius 2 is 2.08 bits per heavy atom. The van der Waals surface area contributed by atoms with Gasteiger partial charge in [-0.2, -0.15) is 0 Å². The lowest BCUT2D eigenvalue weighted by Crippen LogP contribution is -2.34. The molecule has 0 saturated heterocycles. The number of amides is 1. The zero-order valence-electron chi connectivity index (χ0n) is 21.7. The first-order valence-electron chi connectivity index (χ1n) is 13.2. The molecule has 7 heteroatoms. The zero-order chi connectivity index (χ0) is 25.6. The van der Waals surface area contributed by atoms with Crippen LogP contribution in [0.25, 0.3) is 21.1 Å². The number of pyridine rings is 1. The van der Waals surface area contributed by atoms with Crippen LogP contribution in [0.4, 0.5) is 5.82 Å². The second kappa shape index (κ2) is 9.53. The lowest BCUT2D eigenvalue weighted by atomic mass is 9.72. The maximum Gasteiger partial charge on any atom is 0.264 e. The molecule has 3 heterocycles. The fourth-order valence-corrected chi connectivity index (χ4v) is 7.75. The van der Waals surface area contributed by atoms with Gasteiger partial charge in [-0.05, 0) is 66.7 Å². The van der Waals surface area contributed by atoms with Crippen molar-refractivity contribution in [2.75, 3.05) is 18.9 Å². The average molecular weight is 512 g/mol. The third kappa shape index (κ3) is 4.19. The molecule has 3 atom stereocenters. The van der Waals surface area contributed by atoms with Crippen LogP contribution in [-0.2, 0) is 6.54 Å². The summed E-state index contributed by atoms with van der Waals surface area (Å²) >= 11 is 1.46. The van der Waals surface area contributed by atoms with Crippen LogP contribution in [0.1, 0.15) is 53.4 Å². The van der Waals surface area contributed by atoms with Crippen LogP contribution < -0.4 is 5.32 Å². The number of allylic oxidation sites excluding steroid dienone is 2. The lowest BCUT2D eigenvalue weighted by molar-refractivity contribution is 0.0790. The van der Waals surface area contributed by atoms with Crippen LogP contribution in [0.2, 0.25) is 0 Å². The summed E-state index contributed by atoms with van der Waals surface area (Å²) in [5.74, 6) is 2.24. The SMILES string of the molecule is CCCC1(CNc2ncnc3sc(C(=O)N(C)Cc4cccc5ncccc45)c(C)c23)CC2C=CC1C2.